The van der Waals surface area contributed by atoms with Crippen LogP contribution in [0.2, 0.25) is 5.02 Å². The number of carbonyl (C=O) groups excluding carboxylic acids is 1. The van der Waals surface area contributed by atoms with Gasteiger partial charge in [0.05, 0.1) is 25.0 Å². The molecule has 5 heterocycles. The maximum atomic E-state index is 12.8. The summed E-state index contributed by atoms with van der Waals surface area (Å²) in [5.74, 6) is 1.74. The number of nitrogens with zero attached hydrogens (tertiary/aromatic N) is 2. The molecule has 9 nitrogen and oxygen atoms in total. The predicted octanol–water partition coefficient (Wildman–Crippen LogP) is 5.42. The van der Waals surface area contributed by atoms with Crippen molar-refractivity contribution in [1.82, 2.24) is 20.1 Å². The summed E-state index contributed by atoms with van der Waals surface area (Å²) in [6.07, 6.45) is 4.35. The molecule has 0 saturated carbocycles. The van der Waals surface area contributed by atoms with Crippen molar-refractivity contribution in [2.75, 3.05) is 45.9 Å². The van der Waals surface area contributed by atoms with E-state index in [4.69, 9.17) is 30.2 Å². The van der Waals surface area contributed by atoms with Crippen LogP contribution in [0.15, 0.2) is 53.1 Å². The van der Waals surface area contributed by atoms with Gasteiger partial charge < -0.3 is 33.8 Å². The number of halogens is 1. The molecule has 2 atom stereocenters. The van der Waals surface area contributed by atoms with Crippen LogP contribution >= 0.6 is 11.6 Å². The highest BCUT2D eigenvalue weighted by atomic mass is 35.5. The minimum absolute atomic E-state index is 0.110. The predicted molar refractivity (Wildman–Crippen MR) is 157 cm³/mol. The molecule has 216 valence electrons. The zero-order valence-corrected chi connectivity index (χ0v) is 23.7. The lowest BCUT2D eigenvalue weighted by molar-refractivity contribution is -0.00452. The minimum atomic E-state index is -0.440. The van der Waals surface area contributed by atoms with Gasteiger partial charge in [-0.3, -0.25) is 4.90 Å². The average Bonchev–Trinajstić information content (AvgIpc) is 3.70. The molecule has 2 aromatic carbocycles. The minimum Gasteiger partial charge on any atom is -0.488 e. The Morgan fingerprint density at radius 3 is 2.88 bits per heavy atom. The van der Waals surface area contributed by atoms with Crippen LogP contribution in [0.4, 0.5) is 4.79 Å². The lowest BCUT2D eigenvalue weighted by Gasteiger charge is -2.37. The number of carbonyl (C=O) groups is 1. The maximum Gasteiger partial charge on any atom is 0.414 e. The molecule has 2 aromatic heterocycles. The van der Waals surface area contributed by atoms with Gasteiger partial charge in [-0.1, -0.05) is 17.7 Å². The van der Waals surface area contributed by atoms with Crippen LogP contribution in [-0.4, -0.2) is 78.9 Å². The first kappa shape index (κ1) is 26.6. The number of ether oxygens (including phenoxy) is 3. The Kier molecular flexibility index (Phi) is 7.51. The number of furan rings is 1. The highest BCUT2D eigenvalue weighted by Crippen LogP contribution is 2.32. The molecular weight excluding hydrogens is 544 g/mol. The van der Waals surface area contributed by atoms with Crippen LogP contribution in [0, 0.1) is 5.92 Å². The summed E-state index contributed by atoms with van der Waals surface area (Å²) >= 11 is 6.17. The fraction of sp³-hybridized carbons (Fsp3) is 0.452. The van der Waals surface area contributed by atoms with Crippen molar-refractivity contribution in [3.63, 3.8) is 0 Å². The molecule has 3 fully saturated rings. The standard InChI is InChI=1S/C31H35ClN4O5/c32-22-4-5-29-24(14-22)21(18-40-29)17-39-28-3-1-2-26-25(28)15-30(34-26)41-31(37)33-23-7-9-35(10-8-23)16-20-6-11-36-12-13-38-19-27(20)36/h1-5,14-15,18,20,23,27,34H,6-13,16-17,19H2,(H,33,37)/t20-,27+/m0/s1. The van der Waals surface area contributed by atoms with Crippen LogP contribution < -0.4 is 14.8 Å². The van der Waals surface area contributed by atoms with Crippen molar-refractivity contribution in [3.8, 4) is 11.6 Å². The molecule has 4 aromatic rings. The number of likely N-dealkylation sites (tertiary alicyclic amines) is 1. The monoisotopic (exact) mass is 578 g/mol. The topological polar surface area (TPSA) is 92.2 Å². The number of aromatic amines is 1. The van der Waals surface area contributed by atoms with Gasteiger partial charge in [-0.2, -0.15) is 0 Å². The van der Waals surface area contributed by atoms with E-state index in [2.05, 4.69) is 20.1 Å². The molecule has 3 aliphatic heterocycles. The Hall–Kier alpha value is -3.24. The summed E-state index contributed by atoms with van der Waals surface area (Å²) in [5, 5.41) is 5.47. The largest absolute Gasteiger partial charge is 0.488 e. The molecule has 0 aliphatic carbocycles. The number of hydrogen-bond acceptors (Lipinski definition) is 7. The number of benzene rings is 2. The second-order valence-corrected chi connectivity index (χ2v) is 11.8. The van der Waals surface area contributed by atoms with Gasteiger partial charge in [-0.15, -0.1) is 0 Å². The molecular formula is C31H35ClN4O5. The van der Waals surface area contributed by atoms with Crippen molar-refractivity contribution >= 4 is 39.6 Å². The second kappa shape index (κ2) is 11.6. The third kappa shape index (κ3) is 5.77. The normalized spacial score (nSPS) is 22.3. The quantitative estimate of drug-likeness (QED) is 0.302. The van der Waals surface area contributed by atoms with Crippen molar-refractivity contribution in [2.45, 2.75) is 38.0 Å². The Morgan fingerprint density at radius 1 is 1.07 bits per heavy atom. The first-order chi connectivity index (χ1) is 20.1. The molecule has 41 heavy (non-hydrogen) atoms. The van der Waals surface area contributed by atoms with Gasteiger partial charge in [0.25, 0.3) is 0 Å². The van der Waals surface area contributed by atoms with Crippen LogP contribution in [0.3, 0.4) is 0 Å². The van der Waals surface area contributed by atoms with Crippen LogP contribution in [0.1, 0.15) is 24.8 Å². The van der Waals surface area contributed by atoms with E-state index in [9.17, 15) is 4.79 Å². The van der Waals surface area contributed by atoms with E-state index in [0.717, 1.165) is 79.7 Å². The average molecular weight is 579 g/mol. The van der Waals surface area contributed by atoms with E-state index >= 15 is 0 Å². The number of fused-ring (bicyclic) bond motifs is 3. The Balaban J connectivity index is 0.917. The van der Waals surface area contributed by atoms with E-state index in [-0.39, 0.29) is 6.04 Å². The van der Waals surface area contributed by atoms with E-state index < -0.39 is 6.09 Å². The number of nitrogens with one attached hydrogen (secondary N) is 2. The summed E-state index contributed by atoms with van der Waals surface area (Å²) in [7, 11) is 0. The molecule has 10 heteroatoms. The fourth-order valence-corrected chi connectivity index (χ4v) is 6.77. The van der Waals surface area contributed by atoms with E-state index in [1.54, 1.807) is 18.4 Å². The molecule has 0 unspecified atom stereocenters. The van der Waals surface area contributed by atoms with E-state index in [1.807, 2.05) is 30.3 Å². The first-order valence-electron chi connectivity index (χ1n) is 14.5. The fourth-order valence-electron chi connectivity index (χ4n) is 6.60. The molecule has 7 rings (SSSR count). The van der Waals surface area contributed by atoms with E-state index in [1.165, 1.54) is 13.0 Å². The lowest BCUT2D eigenvalue weighted by Crippen LogP contribution is -2.49. The molecule has 3 aliphatic rings. The second-order valence-electron chi connectivity index (χ2n) is 11.4. The van der Waals surface area contributed by atoms with Crippen LogP contribution in [0.25, 0.3) is 21.9 Å². The van der Waals surface area contributed by atoms with Gasteiger partial charge in [0.15, 0.2) is 0 Å². The molecule has 0 radical (unpaired) electrons. The molecule has 3 saturated heterocycles. The SMILES string of the molecule is O=C(NC1CCN(C[C@@H]2CCN3CCOC[C@H]23)CC1)Oc1cc2c(OCc3coc4ccc(Cl)cc34)cccc2[nH]1. The maximum absolute atomic E-state index is 12.8. The number of hydrogen-bond donors (Lipinski definition) is 2. The Morgan fingerprint density at radius 2 is 1.98 bits per heavy atom. The van der Waals surface area contributed by atoms with Gasteiger partial charge in [0.2, 0.25) is 5.88 Å². The summed E-state index contributed by atoms with van der Waals surface area (Å²) in [6.45, 7) is 7.41. The Labute approximate surface area is 243 Å². The third-order valence-corrected chi connectivity index (χ3v) is 9.05. The van der Waals surface area contributed by atoms with Crippen LogP contribution in [-0.2, 0) is 11.3 Å². The number of morpholine rings is 1. The smallest absolute Gasteiger partial charge is 0.414 e. The first-order valence-corrected chi connectivity index (χ1v) is 14.9. The molecule has 1 amide bonds. The summed E-state index contributed by atoms with van der Waals surface area (Å²) in [4.78, 5) is 21.1. The van der Waals surface area contributed by atoms with Gasteiger partial charge in [-0.25, -0.2) is 4.79 Å². The number of aromatic nitrogens is 1. The molecule has 2 N–H and O–H groups in total. The van der Waals surface area contributed by atoms with Crippen molar-refractivity contribution in [1.29, 1.82) is 0 Å². The number of amides is 1. The van der Waals surface area contributed by atoms with Gasteiger partial charge in [0.1, 0.15) is 17.9 Å². The Bertz CT molecular complexity index is 1530. The molecule has 0 bridgehead atoms. The van der Waals surface area contributed by atoms with Gasteiger partial charge in [0, 0.05) is 65.7 Å². The summed E-state index contributed by atoms with van der Waals surface area (Å²) in [6, 6.07) is 13.7. The zero-order chi connectivity index (χ0) is 27.8. The highest BCUT2D eigenvalue weighted by Gasteiger charge is 2.37. The van der Waals surface area contributed by atoms with Crippen LogP contribution in [0.5, 0.6) is 11.6 Å². The van der Waals surface area contributed by atoms with Crippen molar-refractivity contribution in [3.05, 3.63) is 59.3 Å². The number of H-pyrrole nitrogens is 1. The van der Waals surface area contributed by atoms with Crippen molar-refractivity contribution < 1.29 is 23.4 Å². The van der Waals surface area contributed by atoms with Gasteiger partial charge in [-0.05, 0) is 62.1 Å². The molecule has 0 spiro atoms. The van der Waals surface area contributed by atoms with Crippen molar-refractivity contribution in [2.24, 2.45) is 5.92 Å². The zero-order valence-electron chi connectivity index (χ0n) is 22.9. The highest BCUT2D eigenvalue weighted by molar-refractivity contribution is 6.31. The number of piperidine rings is 1. The lowest BCUT2D eigenvalue weighted by atomic mass is 9.97. The summed E-state index contributed by atoms with van der Waals surface area (Å²) in [5.41, 5.74) is 2.50. The summed E-state index contributed by atoms with van der Waals surface area (Å²) < 4.78 is 23.2. The third-order valence-electron chi connectivity index (χ3n) is 8.81. The van der Waals surface area contributed by atoms with E-state index in [0.29, 0.717) is 35.2 Å². The number of rotatable bonds is 7. The van der Waals surface area contributed by atoms with Gasteiger partial charge >= 0.3 is 6.09 Å².